The number of benzene rings is 3. The molecule has 0 unspecified atom stereocenters. The van der Waals surface area contributed by atoms with Crippen molar-refractivity contribution in [1.29, 1.82) is 0 Å². The molecular weight excluding hydrogens is 382 g/mol. The van der Waals surface area contributed by atoms with Crippen LogP contribution in [-0.4, -0.2) is 45.7 Å². The summed E-state index contributed by atoms with van der Waals surface area (Å²) in [4.78, 5) is 0. The molecule has 0 aliphatic carbocycles. The molecule has 2 heterocycles. The predicted octanol–water partition coefficient (Wildman–Crippen LogP) is 4.56. The number of quaternary nitrogens is 1. The van der Waals surface area contributed by atoms with Crippen LogP contribution >= 0.6 is 0 Å². The van der Waals surface area contributed by atoms with Gasteiger partial charge in [0.2, 0.25) is 0 Å². The maximum Gasteiger partial charge on any atom is 0.169 e. The first-order chi connectivity index (χ1) is 14.5. The quantitative estimate of drug-likeness (QED) is 0.359. The second kappa shape index (κ2) is 6.93. The highest BCUT2D eigenvalue weighted by Gasteiger charge is 2.41. The minimum atomic E-state index is -0.116. The Morgan fingerprint density at radius 3 is 2.20 bits per heavy atom. The summed E-state index contributed by atoms with van der Waals surface area (Å²) in [5.74, 6) is 2.70. The highest BCUT2D eigenvalue weighted by atomic mass is 16.5. The van der Waals surface area contributed by atoms with Gasteiger partial charge < -0.3 is 28.8 Å². The van der Waals surface area contributed by atoms with E-state index in [-0.39, 0.29) is 10.7 Å². The molecule has 0 bridgehead atoms. The Bertz CT molecular complexity index is 1160. The second-order valence-electron chi connectivity index (χ2n) is 8.27. The molecule has 0 radical (unpaired) electrons. The molecule has 2 aliphatic rings. The van der Waals surface area contributed by atoms with Gasteiger partial charge in [0.15, 0.2) is 23.0 Å². The number of fused-ring (bicyclic) bond motifs is 7. The highest BCUT2D eigenvalue weighted by Crippen LogP contribution is 2.49. The van der Waals surface area contributed by atoms with E-state index < -0.39 is 0 Å². The molecule has 1 fully saturated rings. The number of rotatable bonds is 4. The smallest absolute Gasteiger partial charge is 0.169 e. The van der Waals surface area contributed by atoms with Gasteiger partial charge >= 0.3 is 0 Å². The average molecular weight is 409 g/mol. The molecule has 6 nitrogen and oxygen atoms in total. The van der Waals surface area contributed by atoms with E-state index in [9.17, 15) is 5.21 Å². The fraction of sp³-hybridized carbons (Fsp3) is 0.417. The molecule has 5 rings (SSSR count). The van der Waals surface area contributed by atoms with E-state index in [4.69, 9.17) is 18.9 Å². The monoisotopic (exact) mass is 409 g/mol. The number of ether oxygens (including phenoxy) is 4. The summed E-state index contributed by atoms with van der Waals surface area (Å²) in [6.07, 6.45) is 2.77. The van der Waals surface area contributed by atoms with Crippen LogP contribution in [0.2, 0.25) is 0 Å². The Labute approximate surface area is 176 Å². The van der Waals surface area contributed by atoms with Crippen molar-refractivity contribution >= 4 is 21.5 Å². The molecular formula is C24H27NO5. The van der Waals surface area contributed by atoms with Crippen molar-refractivity contribution in [1.82, 2.24) is 0 Å². The topological polar surface area (TPSA) is 60.0 Å². The van der Waals surface area contributed by atoms with Crippen LogP contribution in [0.25, 0.3) is 21.5 Å². The van der Waals surface area contributed by atoms with E-state index in [2.05, 4.69) is 6.07 Å². The van der Waals surface area contributed by atoms with Gasteiger partial charge in [-0.05, 0) is 39.9 Å². The Morgan fingerprint density at radius 2 is 1.53 bits per heavy atom. The van der Waals surface area contributed by atoms with E-state index in [1.165, 1.54) is 5.56 Å². The van der Waals surface area contributed by atoms with Gasteiger partial charge in [-0.15, -0.1) is 0 Å². The summed E-state index contributed by atoms with van der Waals surface area (Å²) < 4.78 is 22.5. The summed E-state index contributed by atoms with van der Waals surface area (Å²) in [6, 6.07) is 8.19. The molecule has 1 saturated heterocycles. The summed E-state index contributed by atoms with van der Waals surface area (Å²) in [5.41, 5.74) is 2.38. The van der Waals surface area contributed by atoms with Crippen LogP contribution in [0.4, 0.5) is 0 Å². The normalized spacial score (nSPS) is 22.6. The minimum Gasteiger partial charge on any atom is -0.632 e. The van der Waals surface area contributed by atoms with Crippen molar-refractivity contribution in [2.75, 3.05) is 35.0 Å². The minimum absolute atomic E-state index is 0.116. The van der Waals surface area contributed by atoms with Crippen molar-refractivity contribution in [3.8, 4) is 23.0 Å². The van der Waals surface area contributed by atoms with E-state index in [1.807, 2.05) is 18.2 Å². The largest absolute Gasteiger partial charge is 0.632 e. The third-order valence-electron chi connectivity index (χ3n) is 6.96. The molecule has 6 heteroatoms. The fourth-order valence-corrected chi connectivity index (χ4v) is 5.51. The Hall–Kier alpha value is -2.70. The van der Waals surface area contributed by atoms with Gasteiger partial charge in [0.25, 0.3) is 0 Å². The molecule has 158 valence electrons. The van der Waals surface area contributed by atoms with Crippen molar-refractivity contribution in [3.63, 3.8) is 0 Å². The van der Waals surface area contributed by atoms with E-state index >= 15 is 0 Å². The Morgan fingerprint density at radius 1 is 0.833 bits per heavy atom. The number of methoxy groups -OCH3 is 4. The third kappa shape index (κ3) is 2.57. The van der Waals surface area contributed by atoms with E-state index in [1.54, 1.807) is 28.4 Å². The van der Waals surface area contributed by atoms with Crippen LogP contribution in [-0.2, 0) is 13.0 Å². The molecule has 0 spiro atoms. The molecule has 0 aromatic heterocycles. The van der Waals surface area contributed by atoms with Gasteiger partial charge in [0.1, 0.15) is 6.54 Å². The van der Waals surface area contributed by atoms with Gasteiger partial charge in [-0.1, -0.05) is 6.07 Å². The predicted molar refractivity (Wildman–Crippen MR) is 117 cm³/mol. The lowest BCUT2D eigenvalue weighted by atomic mass is 9.84. The molecule has 3 aromatic carbocycles. The zero-order valence-electron chi connectivity index (χ0n) is 17.9. The third-order valence-corrected chi connectivity index (χ3v) is 6.96. The molecule has 2 atom stereocenters. The summed E-state index contributed by atoms with van der Waals surface area (Å²) in [7, 11) is 6.59. The van der Waals surface area contributed by atoms with Crippen LogP contribution in [0, 0.1) is 5.21 Å². The maximum absolute atomic E-state index is 13.6. The summed E-state index contributed by atoms with van der Waals surface area (Å²) in [5, 5.41) is 17.7. The van der Waals surface area contributed by atoms with Crippen LogP contribution < -0.4 is 18.9 Å². The Kier molecular flexibility index (Phi) is 4.45. The molecule has 0 amide bonds. The van der Waals surface area contributed by atoms with Crippen LogP contribution in [0.5, 0.6) is 23.0 Å². The van der Waals surface area contributed by atoms with Crippen molar-refractivity contribution in [2.24, 2.45) is 0 Å². The first-order valence-corrected chi connectivity index (χ1v) is 10.4. The first-order valence-electron chi connectivity index (χ1n) is 10.4. The number of nitrogens with zero attached hydrogens (tertiary/aromatic N) is 1. The number of hydrogen-bond acceptors (Lipinski definition) is 5. The lowest BCUT2D eigenvalue weighted by molar-refractivity contribution is -0.907. The molecule has 0 saturated carbocycles. The van der Waals surface area contributed by atoms with Crippen molar-refractivity contribution in [3.05, 3.63) is 40.6 Å². The average Bonchev–Trinajstić information content (AvgIpc) is 3.16. The van der Waals surface area contributed by atoms with Crippen molar-refractivity contribution in [2.45, 2.75) is 31.8 Å². The lowest BCUT2D eigenvalue weighted by Crippen LogP contribution is -2.49. The van der Waals surface area contributed by atoms with Crippen LogP contribution in [0.15, 0.2) is 24.3 Å². The zero-order valence-corrected chi connectivity index (χ0v) is 17.9. The van der Waals surface area contributed by atoms with E-state index in [0.29, 0.717) is 36.1 Å². The SMILES string of the molecule is COc1cc2c3c(c4ccc(OC)c(OC)c4c2cc1OC)C[C@H]1CCC[N@+]1([O-])C3. The van der Waals surface area contributed by atoms with Gasteiger partial charge in [-0.25, -0.2) is 0 Å². The first kappa shape index (κ1) is 19.3. The standard InChI is InChI=1S/C24H27NO5/c1-27-20-8-7-15-16-10-14-6-5-9-25(14,26)13-19(16)17-11-21(28-2)22(29-3)12-18(17)23(15)24(20)30-4/h7-8,11-12,14H,5-6,9-10,13H2,1-4H3/t14-,25+/m1/s1. The molecule has 30 heavy (non-hydrogen) atoms. The van der Waals surface area contributed by atoms with Gasteiger partial charge in [-0.3, -0.25) is 0 Å². The number of hydrogen-bond donors (Lipinski definition) is 0. The number of hydroxylamine groups is 3. The fourth-order valence-electron chi connectivity index (χ4n) is 5.51. The van der Waals surface area contributed by atoms with Crippen LogP contribution in [0.1, 0.15) is 24.0 Å². The summed E-state index contributed by atoms with van der Waals surface area (Å²) in [6.45, 7) is 1.19. The van der Waals surface area contributed by atoms with Gasteiger partial charge in [0, 0.05) is 30.2 Å². The van der Waals surface area contributed by atoms with Gasteiger partial charge in [0.05, 0.1) is 41.0 Å². The zero-order chi connectivity index (χ0) is 21.0. The maximum atomic E-state index is 13.6. The Balaban J connectivity index is 1.95. The second-order valence-corrected chi connectivity index (χ2v) is 8.27. The van der Waals surface area contributed by atoms with Gasteiger partial charge in [-0.2, -0.15) is 0 Å². The molecule has 2 aliphatic heterocycles. The summed E-state index contributed by atoms with van der Waals surface area (Å²) >= 11 is 0. The molecule has 3 aromatic rings. The molecule has 0 N–H and O–H groups in total. The van der Waals surface area contributed by atoms with Crippen molar-refractivity contribution < 1.29 is 23.6 Å². The highest BCUT2D eigenvalue weighted by molar-refractivity contribution is 6.15. The van der Waals surface area contributed by atoms with E-state index in [0.717, 1.165) is 46.4 Å². The lowest BCUT2D eigenvalue weighted by Gasteiger charge is -2.48. The van der Waals surface area contributed by atoms with Crippen LogP contribution in [0.3, 0.4) is 0 Å².